The van der Waals surface area contributed by atoms with Gasteiger partial charge in [0.15, 0.2) is 5.69 Å². The standard InChI is InChI=1S/C22H22N6O2/c1-14-4-6-15(7-5-14)19-12-28-18(13-29-19)20(24-26-28)21-23-22(30-25-21)16-8-10-17(11-9-16)27(2)3/h4-11,19H,12-13H2,1-3H3/t19-/m0/s1. The number of ether oxygens (including phenoxy) is 1. The van der Waals surface area contributed by atoms with E-state index in [2.05, 4.69) is 51.6 Å². The van der Waals surface area contributed by atoms with E-state index >= 15 is 0 Å². The summed E-state index contributed by atoms with van der Waals surface area (Å²) in [5.41, 5.74) is 5.77. The van der Waals surface area contributed by atoms with E-state index in [-0.39, 0.29) is 6.10 Å². The zero-order chi connectivity index (χ0) is 20.7. The molecule has 4 aromatic rings. The topological polar surface area (TPSA) is 82.1 Å². The van der Waals surface area contributed by atoms with E-state index < -0.39 is 0 Å². The number of nitrogens with zero attached hydrogens (tertiary/aromatic N) is 6. The lowest BCUT2D eigenvalue weighted by Gasteiger charge is -2.24. The van der Waals surface area contributed by atoms with Crippen molar-refractivity contribution in [3.05, 3.63) is 65.4 Å². The second-order valence-corrected chi connectivity index (χ2v) is 7.64. The molecular weight excluding hydrogens is 380 g/mol. The van der Waals surface area contributed by atoms with Gasteiger partial charge in [-0.25, -0.2) is 4.68 Å². The Balaban J connectivity index is 1.38. The molecule has 5 rings (SSSR count). The number of fused-ring (bicyclic) bond motifs is 1. The van der Waals surface area contributed by atoms with E-state index in [1.165, 1.54) is 5.56 Å². The molecule has 30 heavy (non-hydrogen) atoms. The fraction of sp³-hybridized carbons (Fsp3) is 0.273. The molecule has 1 aliphatic heterocycles. The van der Waals surface area contributed by atoms with E-state index in [0.29, 0.717) is 30.6 Å². The van der Waals surface area contributed by atoms with E-state index in [1.54, 1.807) is 0 Å². The Labute approximate surface area is 174 Å². The minimum Gasteiger partial charge on any atom is -0.378 e. The maximum Gasteiger partial charge on any atom is 0.258 e. The van der Waals surface area contributed by atoms with Crippen molar-refractivity contribution in [1.29, 1.82) is 0 Å². The summed E-state index contributed by atoms with van der Waals surface area (Å²) in [6.45, 7) is 3.06. The highest BCUT2D eigenvalue weighted by molar-refractivity contribution is 5.61. The van der Waals surface area contributed by atoms with Crippen LogP contribution in [0.2, 0.25) is 0 Å². The van der Waals surface area contributed by atoms with Gasteiger partial charge in [-0.2, -0.15) is 4.98 Å². The molecular formula is C22H22N6O2. The normalized spacial score (nSPS) is 15.8. The Kier molecular flexibility index (Phi) is 4.55. The van der Waals surface area contributed by atoms with Gasteiger partial charge in [-0.05, 0) is 36.8 Å². The number of benzene rings is 2. The average Bonchev–Trinajstić information content (AvgIpc) is 3.41. The fourth-order valence-electron chi connectivity index (χ4n) is 3.51. The van der Waals surface area contributed by atoms with Gasteiger partial charge in [0.25, 0.3) is 5.89 Å². The van der Waals surface area contributed by atoms with Gasteiger partial charge in [-0.15, -0.1) is 5.10 Å². The molecule has 1 aliphatic rings. The smallest absolute Gasteiger partial charge is 0.258 e. The maximum absolute atomic E-state index is 6.09. The lowest BCUT2D eigenvalue weighted by molar-refractivity contribution is -0.00112. The van der Waals surface area contributed by atoms with Gasteiger partial charge in [-0.3, -0.25) is 0 Å². The number of rotatable bonds is 4. The van der Waals surface area contributed by atoms with Crippen LogP contribution >= 0.6 is 0 Å². The minimum atomic E-state index is -0.0521. The predicted molar refractivity (Wildman–Crippen MR) is 112 cm³/mol. The molecule has 0 saturated carbocycles. The van der Waals surface area contributed by atoms with Crippen molar-refractivity contribution in [1.82, 2.24) is 25.1 Å². The first-order valence-electron chi connectivity index (χ1n) is 9.81. The Hall–Kier alpha value is -3.52. The summed E-state index contributed by atoms with van der Waals surface area (Å²) in [5.74, 6) is 0.867. The van der Waals surface area contributed by atoms with Crippen molar-refractivity contribution in [2.75, 3.05) is 19.0 Å². The SMILES string of the molecule is Cc1ccc([C@@H]2Cn3nnc(-c4noc(-c5ccc(N(C)C)cc5)n4)c3CO2)cc1. The Bertz CT molecular complexity index is 1160. The highest BCUT2D eigenvalue weighted by Crippen LogP contribution is 2.31. The summed E-state index contributed by atoms with van der Waals surface area (Å²) in [7, 11) is 4.00. The van der Waals surface area contributed by atoms with Crippen LogP contribution in [0.1, 0.15) is 22.9 Å². The summed E-state index contributed by atoms with van der Waals surface area (Å²) < 4.78 is 13.4. The van der Waals surface area contributed by atoms with Gasteiger partial charge < -0.3 is 14.2 Å². The molecule has 8 nitrogen and oxygen atoms in total. The fourth-order valence-corrected chi connectivity index (χ4v) is 3.51. The Morgan fingerprint density at radius 3 is 2.53 bits per heavy atom. The molecule has 0 spiro atoms. The van der Waals surface area contributed by atoms with Gasteiger partial charge >= 0.3 is 0 Å². The third kappa shape index (κ3) is 3.35. The lowest BCUT2D eigenvalue weighted by atomic mass is 10.1. The van der Waals surface area contributed by atoms with Crippen LogP contribution in [-0.2, 0) is 17.9 Å². The number of hydrogen-bond donors (Lipinski definition) is 0. The van der Waals surface area contributed by atoms with E-state index in [1.807, 2.05) is 47.9 Å². The van der Waals surface area contributed by atoms with Gasteiger partial charge in [-0.1, -0.05) is 40.2 Å². The Morgan fingerprint density at radius 2 is 1.80 bits per heavy atom. The largest absolute Gasteiger partial charge is 0.378 e. The third-order valence-electron chi connectivity index (χ3n) is 5.32. The molecule has 1 atom stereocenters. The monoisotopic (exact) mass is 402 g/mol. The molecule has 2 aromatic carbocycles. The molecule has 0 unspecified atom stereocenters. The summed E-state index contributed by atoms with van der Waals surface area (Å²) in [4.78, 5) is 6.57. The van der Waals surface area contributed by atoms with Crippen molar-refractivity contribution < 1.29 is 9.26 Å². The highest BCUT2D eigenvalue weighted by Gasteiger charge is 2.27. The van der Waals surface area contributed by atoms with Crippen LogP contribution < -0.4 is 4.90 Å². The average molecular weight is 402 g/mol. The van der Waals surface area contributed by atoms with Crippen LogP contribution in [0.25, 0.3) is 23.0 Å². The van der Waals surface area contributed by atoms with Crippen molar-refractivity contribution in [2.45, 2.75) is 26.2 Å². The summed E-state index contributed by atoms with van der Waals surface area (Å²) in [6.07, 6.45) is -0.0521. The van der Waals surface area contributed by atoms with Gasteiger partial charge in [0, 0.05) is 25.3 Å². The van der Waals surface area contributed by atoms with Crippen molar-refractivity contribution >= 4 is 5.69 Å². The molecule has 0 aliphatic carbocycles. The first kappa shape index (κ1) is 18.5. The van der Waals surface area contributed by atoms with Gasteiger partial charge in [0.2, 0.25) is 5.82 Å². The van der Waals surface area contributed by atoms with Crippen molar-refractivity contribution in [3.63, 3.8) is 0 Å². The van der Waals surface area contributed by atoms with Crippen molar-refractivity contribution in [3.8, 4) is 23.0 Å². The van der Waals surface area contributed by atoms with Gasteiger partial charge in [0.1, 0.15) is 6.10 Å². The van der Waals surface area contributed by atoms with Crippen molar-refractivity contribution in [2.24, 2.45) is 0 Å². The molecule has 0 N–H and O–H groups in total. The summed E-state index contributed by atoms with van der Waals surface area (Å²) in [6, 6.07) is 16.3. The molecule has 0 amide bonds. The molecule has 0 saturated heterocycles. The maximum atomic E-state index is 6.09. The molecule has 0 fully saturated rings. The Morgan fingerprint density at radius 1 is 1.03 bits per heavy atom. The lowest BCUT2D eigenvalue weighted by Crippen LogP contribution is -2.22. The van der Waals surface area contributed by atoms with E-state index in [4.69, 9.17) is 9.26 Å². The van der Waals surface area contributed by atoms with E-state index in [9.17, 15) is 0 Å². The third-order valence-corrected chi connectivity index (χ3v) is 5.32. The second-order valence-electron chi connectivity index (χ2n) is 7.64. The first-order valence-corrected chi connectivity index (χ1v) is 9.81. The van der Waals surface area contributed by atoms with Crippen LogP contribution in [0.5, 0.6) is 0 Å². The number of aromatic nitrogens is 5. The molecule has 2 aromatic heterocycles. The van der Waals surface area contributed by atoms with Crippen LogP contribution in [0.3, 0.4) is 0 Å². The number of hydrogen-bond acceptors (Lipinski definition) is 7. The minimum absolute atomic E-state index is 0.0521. The highest BCUT2D eigenvalue weighted by atomic mass is 16.5. The number of anilines is 1. The van der Waals surface area contributed by atoms with Crippen LogP contribution in [0.4, 0.5) is 5.69 Å². The molecule has 0 radical (unpaired) electrons. The second kappa shape index (κ2) is 7.38. The quantitative estimate of drug-likeness (QED) is 0.515. The zero-order valence-corrected chi connectivity index (χ0v) is 17.1. The van der Waals surface area contributed by atoms with Crippen LogP contribution in [-0.4, -0.2) is 39.2 Å². The first-order chi connectivity index (χ1) is 14.6. The predicted octanol–water partition coefficient (Wildman–Crippen LogP) is 3.64. The molecule has 152 valence electrons. The summed E-state index contributed by atoms with van der Waals surface area (Å²) in [5, 5.41) is 12.7. The molecule has 3 heterocycles. The van der Waals surface area contributed by atoms with E-state index in [0.717, 1.165) is 22.5 Å². The van der Waals surface area contributed by atoms with Crippen LogP contribution in [0, 0.1) is 6.92 Å². The van der Waals surface area contributed by atoms with Crippen LogP contribution in [0.15, 0.2) is 53.1 Å². The number of aryl methyl sites for hydroxylation is 1. The molecule has 8 heteroatoms. The molecule has 0 bridgehead atoms. The van der Waals surface area contributed by atoms with Gasteiger partial charge in [0.05, 0.1) is 18.8 Å². The zero-order valence-electron chi connectivity index (χ0n) is 17.1. The summed E-state index contributed by atoms with van der Waals surface area (Å²) >= 11 is 0.